The molecule has 0 aromatic heterocycles. The molecule has 0 N–H and O–H groups in total. The first-order valence-electron chi connectivity index (χ1n) is 10.9. The predicted octanol–water partition coefficient (Wildman–Crippen LogP) is 1.85. The zero-order chi connectivity index (χ0) is 19.8. The second-order valence-corrected chi connectivity index (χ2v) is 8.67. The fourth-order valence-corrected chi connectivity index (χ4v) is 5.15. The Morgan fingerprint density at radius 1 is 1.03 bits per heavy atom. The Labute approximate surface area is 171 Å². The van der Waals surface area contributed by atoms with Crippen molar-refractivity contribution in [3.63, 3.8) is 0 Å². The summed E-state index contributed by atoms with van der Waals surface area (Å²) in [5, 5.41) is 0. The number of carbonyl (C=O) groups excluding carboxylic acids is 2. The van der Waals surface area contributed by atoms with Gasteiger partial charge in [0.2, 0.25) is 18.6 Å². The van der Waals surface area contributed by atoms with Gasteiger partial charge in [-0.05, 0) is 30.5 Å². The minimum absolute atomic E-state index is 0.150. The summed E-state index contributed by atoms with van der Waals surface area (Å²) in [5.41, 5.74) is 1.20. The van der Waals surface area contributed by atoms with Crippen LogP contribution in [0.3, 0.4) is 0 Å². The van der Waals surface area contributed by atoms with Gasteiger partial charge in [0.25, 0.3) is 0 Å². The number of piperazine rings is 1. The van der Waals surface area contributed by atoms with Gasteiger partial charge in [-0.15, -0.1) is 0 Å². The maximum atomic E-state index is 13.0. The predicted molar refractivity (Wildman–Crippen MR) is 106 cm³/mol. The van der Waals surface area contributed by atoms with E-state index in [1.807, 2.05) is 21.9 Å². The highest BCUT2D eigenvalue weighted by Crippen LogP contribution is 2.33. The number of carbonyl (C=O) groups is 2. The third-order valence-electron chi connectivity index (χ3n) is 6.80. The van der Waals surface area contributed by atoms with Crippen LogP contribution in [0.1, 0.15) is 37.7 Å². The average Bonchev–Trinajstić information content (AvgIpc) is 3.48. The van der Waals surface area contributed by atoms with E-state index < -0.39 is 0 Å². The van der Waals surface area contributed by atoms with Gasteiger partial charge in [0, 0.05) is 51.7 Å². The molecule has 5 rings (SSSR count). The summed E-state index contributed by atoms with van der Waals surface area (Å²) in [5.74, 6) is 1.82. The minimum Gasteiger partial charge on any atom is -0.454 e. The monoisotopic (exact) mass is 399 g/mol. The van der Waals surface area contributed by atoms with Crippen LogP contribution in [0.25, 0.3) is 0 Å². The van der Waals surface area contributed by atoms with Crippen molar-refractivity contribution < 1.29 is 19.1 Å². The van der Waals surface area contributed by atoms with Crippen LogP contribution in [0.15, 0.2) is 18.2 Å². The first kappa shape index (κ1) is 18.7. The summed E-state index contributed by atoms with van der Waals surface area (Å²) in [4.78, 5) is 31.7. The van der Waals surface area contributed by atoms with Crippen LogP contribution in [0.4, 0.5) is 0 Å². The Kier molecular flexibility index (Phi) is 5.08. The molecule has 1 atom stereocenters. The first-order valence-corrected chi connectivity index (χ1v) is 10.9. The molecule has 29 heavy (non-hydrogen) atoms. The van der Waals surface area contributed by atoms with Crippen LogP contribution in [-0.2, 0) is 16.1 Å². The van der Waals surface area contributed by atoms with E-state index >= 15 is 0 Å². The normalized spacial score (nSPS) is 25.2. The van der Waals surface area contributed by atoms with Crippen molar-refractivity contribution in [1.29, 1.82) is 0 Å². The third-order valence-corrected chi connectivity index (χ3v) is 6.80. The number of hydrogen-bond donors (Lipinski definition) is 0. The van der Waals surface area contributed by atoms with E-state index in [1.165, 1.54) is 18.4 Å². The molecule has 1 aliphatic carbocycles. The highest BCUT2D eigenvalue weighted by Gasteiger charge is 2.40. The largest absolute Gasteiger partial charge is 0.454 e. The second-order valence-electron chi connectivity index (χ2n) is 8.67. The molecule has 3 fully saturated rings. The molecule has 2 saturated heterocycles. The van der Waals surface area contributed by atoms with Crippen LogP contribution < -0.4 is 9.47 Å². The van der Waals surface area contributed by atoms with Crippen molar-refractivity contribution in [3.8, 4) is 11.5 Å². The van der Waals surface area contributed by atoms with E-state index in [0.717, 1.165) is 57.1 Å². The van der Waals surface area contributed by atoms with Crippen LogP contribution in [0.5, 0.6) is 11.5 Å². The SMILES string of the molecule is O=C(C1CC(=O)N(C2CCCC2)C1)N1CCN(Cc2ccc3c(c2)OCO3)CC1. The molecule has 2 amide bonds. The molecular formula is C22H29N3O4. The fourth-order valence-electron chi connectivity index (χ4n) is 5.15. The summed E-state index contributed by atoms with van der Waals surface area (Å²) in [6.45, 7) is 4.94. The summed E-state index contributed by atoms with van der Waals surface area (Å²) in [6, 6.07) is 6.46. The molecule has 0 radical (unpaired) electrons. The molecule has 3 aliphatic heterocycles. The molecule has 0 spiro atoms. The lowest BCUT2D eigenvalue weighted by Crippen LogP contribution is -2.50. The van der Waals surface area contributed by atoms with Crippen molar-refractivity contribution in [2.24, 2.45) is 5.92 Å². The van der Waals surface area contributed by atoms with E-state index in [1.54, 1.807) is 0 Å². The van der Waals surface area contributed by atoms with Gasteiger partial charge in [-0.25, -0.2) is 0 Å². The number of benzene rings is 1. The molecule has 4 aliphatic rings. The highest BCUT2D eigenvalue weighted by molar-refractivity contribution is 5.89. The van der Waals surface area contributed by atoms with Crippen LogP contribution in [-0.4, -0.2) is 72.1 Å². The van der Waals surface area contributed by atoms with Crippen LogP contribution in [0, 0.1) is 5.92 Å². The topological polar surface area (TPSA) is 62.3 Å². The molecule has 7 heteroatoms. The number of rotatable bonds is 4. The van der Waals surface area contributed by atoms with Crippen molar-refractivity contribution in [2.45, 2.75) is 44.7 Å². The molecular weight excluding hydrogens is 370 g/mol. The summed E-state index contributed by atoms with van der Waals surface area (Å²) >= 11 is 0. The van der Waals surface area contributed by atoms with Gasteiger partial charge in [-0.1, -0.05) is 18.9 Å². The van der Waals surface area contributed by atoms with Gasteiger partial charge in [0.1, 0.15) is 0 Å². The number of amides is 2. The molecule has 156 valence electrons. The van der Waals surface area contributed by atoms with Crippen molar-refractivity contribution in [3.05, 3.63) is 23.8 Å². The van der Waals surface area contributed by atoms with Crippen LogP contribution >= 0.6 is 0 Å². The lowest BCUT2D eigenvalue weighted by Gasteiger charge is -2.36. The fraction of sp³-hybridized carbons (Fsp3) is 0.636. The lowest BCUT2D eigenvalue weighted by atomic mass is 10.1. The quantitative estimate of drug-likeness (QED) is 0.773. The van der Waals surface area contributed by atoms with E-state index in [2.05, 4.69) is 11.0 Å². The van der Waals surface area contributed by atoms with E-state index in [4.69, 9.17) is 9.47 Å². The third kappa shape index (κ3) is 3.80. The number of ether oxygens (including phenoxy) is 2. The summed E-state index contributed by atoms with van der Waals surface area (Å²) in [6.07, 6.45) is 5.01. The Balaban J connectivity index is 1.13. The zero-order valence-electron chi connectivity index (χ0n) is 16.8. The van der Waals surface area contributed by atoms with Gasteiger partial charge in [-0.3, -0.25) is 14.5 Å². The zero-order valence-corrected chi connectivity index (χ0v) is 16.8. The molecule has 0 bridgehead atoms. The first-order chi connectivity index (χ1) is 14.2. The molecule has 7 nitrogen and oxygen atoms in total. The lowest BCUT2D eigenvalue weighted by molar-refractivity contribution is -0.137. The van der Waals surface area contributed by atoms with Crippen molar-refractivity contribution >= 4 is 11.8 Å². The van der Waals surface area contributed by atoms with Crippen LogP contribution in [0.2, 0.25) is 0 Å². The Morgan fingerprint density at radius 3 is 2.59 bits per heavy atom. The number of hydrogen-bond acceptors (Lipinski definition) is 5. The minimum atomic E-state index is -0.150. The number of likely N-dealkylation sites (tertiary alicyclic amines) is 1. The van der Waals surface area contributed by atoms with Gasteiger partial charge < -0.3 is 19.3 Å². The molecule has 1 saturated carbocycles. The van der Waals surface area contributed by atoms with Crippen molar-refractivity contribution in [1.82, 2.24) is 14.7 Å². The van der Waals surface area contributed by atoms with Gasteiger partial charge in [0.15, 0.2) is 11.5 Å². The van der Waals surface area contributed by atoms with Gasteiger partial charge in [0.05, 0.1) is 5.92 Å². The maximum Gasteiger partial charge on any atom is 0.231 e. The number of nitrogens with zero attached hydrogens (tertiary/aromatic N) is 3. The average molecular weight is 399 g/mol. The Hall–Kier alpha value is -2.28. The summed E-state index contributed by atoms with van der Waals surface area (Å²) < 4.78 is 10.8. The molecule has 1 aromatic carbocycles. The molecule has 1 aromatic rings. The molecule has 3 heterocycles. The maximum absolute atomic E-state index is 13.0. The highest BCUT2D eigenvalue weighted by atomic mass is 16.7. The second kappa shape index (κ2) is 7.86. The molecule has 1 unspecified atom stereocenters. The standard InChI is InChI=1S/C22H29N3O4/c26-21-12-17(14-25(21)18-3-1-2-4-18)22(27)24-9-7-23(8-10-24)13-16-5-6-19-20(11-16)29-15-28-19/h5-6,11,17-18H,1-4,7-10,12-15H2. The van der Waals surface area contributed by atoms with Crippen molar-refractivity contribution in [2.75, 3.05) is 39.5 Å². The van der Waals surface area contributed by atoms with E-state index in [9.17, 15) is 9.59 Å². The number of fused-ring (bicyclic) bond motifs is 1. The summed E-state index contributed by atoms with van der Waals surface area (Å²) in [7, 11) is 0. The van der Waals surface area contributed by atoms with Gasteiger partial charge in [-0.2, -0.15) is 0 Å². The Morgan fingerprint density at radius 2 is 1.79 bits per heavy atom. The smallest absolute Gasteiger partial charge is 0.231 e. The van der Waals surface area contributed by atoms with E-state index in [-0.39, 0.29) is 17.7 Å². The van der Waals surface area contributed by atoms with E-state index in [0.29, 0.717) is 25.8 Å². The Bertz CT molecular complexity index is 784. The van der Waals surface area contributed by atoms with Gasteiger partial charge >= 0.3 is 0 Å².